The fraction of sp³-hybridized carbons (Fsp3) is 0.355. The number of carbonyl (C=O) groups excluding carboxylic acids is 2. The largest absolute Gasteiger partial charge is 0.416 e. The highest BCUT2D eigenvalue weighted by molar-refractivity contribution is 9.10. The molecule has 0 spiro atoms. The molecule has 1 aliphatic carbocycles. The number of hydrogen-bond donors (Lipinski definition) is 1. The van der Waals surface area contributed by atoms with Gasteiger partial charge in [-0.15, -0.1) is 0 Å². The monoisotopic (exact) mass is 679 g/mol. The number of rotatable bonds is 11. The molecule has 1 fully saturated rings. The van der Waals surface area contributed by atoms with Gasteiger partial charge in [0.1, 0.15) is 12.6 Å². The molecule has 1 saturated carbocycles. The third-order valence-electron chi connectivity index (χ3n) is 7.36. The zero-order valence-corrected chi connectivity index (χ0v) is 26.0. The highest BCUT2D eigenvalue weighted by atomic mass is 79.9. The van der Waals surface area contributed by atoms with Crippen molar-refractivity contribution in [1.29, 1.82) is 0 Å². The molecule has 1 N–H and O–H groups in total. The summed E-state index contributed by atoms with van der Waals surface area (Å²) in [6.45, 7) is -0.829. The van der Waals surface area contributed by atoms with E-state index in [0.717, 1.165) is 54.1 Å². The van der Waals surface area contributed by atoms with E-state index in [1.165, 1.54) is 11.0 Å². The lowest BCUT2D eigenvalue weighted by molar-refractivity contribution is -0.140. The van der Waals surface area contributed by atoms with Gasteiger partial charge in [-0.25, -0.2) is 8.42 Å². The summed E-state index contributed by atoms with van der Waals surface area (Å²) in [6, 6.07) is 19.1. The standard InChI is InChI=1S/C31H33BrF3N3O4S/c1-43(41,42)38(27-16-8-12-24(19-27)31(33,34)35)21-29(39)37(20-23-11-7-13-25(32)17-23)28(18-22-9-3-2-4-10-22)30(40)36-26-14-5-6-15-26/h2-4,7-13,16-17,19,26,28H,5-6,14-15,18,20-21H2,1H3,(H,36,40)/t28-/m0/s1. The molecule has 1 atom stereocenters. The van der Waals surface area contributed by atoms with Gasteiger partial charge in [0.05, 0.1) is 17.5 Å². The Kier molecular flexibility index (Phi) is 10.5. The quantitative estimate of drug-likeness (QED) is 0.272. The molecule has 0 radical (unpaired) electrons. The van der Waals surface area contributed by atoms with Crippen molar-refractivity contribution < 1.29 is 31.2 Å². The maximum atomic E-state index is 14.1. The molecule has 4 rings (SSSR count). The molecule has 1 aliphatic rings. The van der Waals surface area contributed by atoms with E-state index in [1.54, 1.807) is 18.2 Å². The summed E-state index contributed by atoms with van der Waals surface area (Å²) >= 11 is 3.42. The molecular formula is C31H33BrF3N3O4S. The number of halogens is 4. The van der Waals surface area contributed by atoms with Crippen LogP contribution in [-0.2, 0) is 38.8 Å². The van der Waals surface area contributed by atoms with E-state index < -0.39 is 40.3 Å². The molecule has 0 saturated heterocycles. The molecule has 12 heteroatoms. The van der Waals surface area contributed by atoms with E-state index in [1.807, 2.05) is 36.4 Å². The summed E-state index contributed by atoms with van der Waals surface area (Å²) in [5.74, 6) is -1.10. The van der Waals surface area contributed by atoms with Gasteiger partial charge < -0.3 is 10.2 Å². The number of anilines is 1. The molecule has 0 bridgehead atoms. The maximum Gasteiger partial charge on any atom is 0.416 e. The Morgan fingerprint density at radius 1 is 0.953 bits per heavy atom. The van der Waals surface area contributed by atoms with E-state index in [2.05, 4.69) is 21.2 Å². The Balaban J connectivity index is 1.74. The summed E-state index contributed by atoms with van der Waals surface area (Å²) in [5.41, 5.74) is 0.122. The Hall–Kier alpha value is -3.38. The Labute approximate surface area is 258 Å². The lowest BCUT2D eigenvalue weighted by Gasteiger charge is -2.34. The Morgan fingerprint density at radius 3 is 2.23 bits per heavy atom. The molecule has 43 heavy (non-hydrogen) atoms. The molecule has 0 aliphatic heterocycles. The van der Waals surface area contributed by atoms with Crippen molar-refractivity contribution in [3.63, 3.8) is 0 Å². The molecule has 230 valence electrons. The first-order chi connectivity index (χ1) is 20.3. The van der Waals surface area contributed by atoms with Gasteiger partial charge in [0, 0.05) is 23.5 Å². The van der Waals surface area contributed by atoms with Gasteiger partial charge in [-0.2, -0.15) is 13.2 Å². The lowest BCUT2D eigenvalue weighted by Crippen LogP contribution is -2.54. The second kappa shape index (κ2) is 13.9. The van der Waals surface area contributed by atoms with E-state index in [-0.39, 0.29) is 30.6 Å². The number of alkyl halides is 3. The molecular weight excluding hydrogens is 647 g/mol. The third-order valence-corrected chi connectivity index (χ3v) is 8.99. The van der Waals surface area contributed by atoms with Crippen molar-refractivity contribution in [3.05, 3.63) is 100 Å². The first-order valence-electron chi connectivity index (χ1n) is 13.8. The van der Waals surface area contributed by atoms with Gasteiger partial charge in [-0.05, 0) is 54.3 Å². The van der Waals surface area contributed by atoms with Crippen molar-refractivity contribution in [2.75, 3.05) is 17.1 Å². The zero-order chi connectivity index (χ0) is 31.2. The Morgan fingerprint density at radius 2 is 1.60 bits per heavy atom. The van der Waals surface area contributed by atoms with Gasteiger partial charge in [-0.1, -0.05) is 77.3 Å². The summed E-state index contributed by atoms with van der Waals surface area (Å²) < 4.78 is 67.5. The molecule has 2 amide bonds. The minimum Gasteiger partial charge on any atom is -0.352 e. The second-order valence-corrected chi connectivity index (χ2v) is 13.5. The number of nitrogens with one attached hydrogen (secondary N) is 1. The highest BCUT2D eigenvalue weighted by Crippen LogP contribution is 2.32. The average molecular weight is 681 g/mol. The van der Waals surface area contributed by atoms with Crippen LogP contribution >= 0.6 is 15.9 Å². The van der Waals surface area contributed by atoms with Gasteiger partial charge >= 0.3 is 6.18 Å². The summed E-state index contributed by atoms with van der Waals surface area (Å²) in [4.78, 5) is 29.3. The SMILES string of the molecule is CS(=O)(=O)N(CC(=O)N(Cc1cccc(Br)c1)[C@@H](Cc1ccccc1)C(=O)NC1CCCC1)c1cccc(C(F)(F)F)c1. The van der Waals surface area contributed by atoms with Crippen LogP contribution in [0.15, 0.2) is 83.3 Å². The van der Waals surface area contributed by atoms with Crippen LogP contribution in [-0.4, -0.2) is 50.0 Å². The van der Waals surface area contributed by atoms with Crippen molar-refractivity contribution in [1.82, 2.24) is 10.2 Å². The number of nitrogens with zero attached hydrogens (tertiary/aromatic N) is 2. The van der Waals surface area contributed by atoms with Crippen LogP contribution in [0, 0.1) is 0 Å². The van der Waals surface area contributed by atoms with E-state index >= 15 is 0 Å². The zero-order valence-electron chi connectivity index (χ0n) is 23.6. The summed E-state index contributed by atoms with van der Waals surface area (Å²) in [6.07, 6.45) is -0.129. The normalized spacial score (nSPS) is 14.7. The number of carbonyl (C=O) groups is 2. The van der Waals surface area contributed by atoms with Crippen molar-refractivity contribution in [3.8, 4) is 0 Å². The van der Waals surface area contributed by atoms with Crippen LogP contribution < -0.4 is 9.62 Å². The van der Waals surface area contributed by atoms with Gasteiger partial charge in [0.25, 0.3) is 0 Å². The van der Waals surface area contributed by atoms with Crippen LogP contribution in [0.5, 0.6) is 0 Å². The third kappa shape index (κ3) is 9.06. The van der Waals surface area contributed by atoms with Gasteiger partial charge in [0.2, 0.25) is 21.8 Å². The first kappa shape index (κ1) is 32.5. The molecule has 3 aromatic rings. The highest BCUT2D eigenvalue weighted by Gasteiger charge is 2.35. The number of hydrogen-bond acceptors (Lipinski definition) is 4. The second-order valence-electron chi connectivity index (χ2n) is 10.7. The van der Waals surface area contributed by atoms with Crippen LogP contribution in [0.1, 0.15) is 42.4 Å². The predicted octanol–water partition coefficient (Wildman–Crippen LogP) is 5.93. The maximum absolute atomic E-state index is 14.1. The van der Waals surface area contributed by atoms with Crippen molar-refractivity contribution in [2.45, 2.75) is 56.9 Å². The fourth-order valence-electron chi connectivity index (χ4n) is 5.20. The molecule has 3 aromatic carbocycles. The smallest absolute Gasteiger partial charge is 0.352 e. The number of benzene rings is 3. The molecule has 0 aromatic heterocycles. The molecule has 7 nitrogen and oxygen atoms in total. The van der Waals surface area contributed by atoms with E-state index in [0.29, 0.717) is 15.9 Å². The summed E-state index contributed by atoms with van der Waals surface area (Å²) in [5, 5.41) is 3.07. The summed E-state index contributed by atoms with van der Waals surface area (Å²) in [7, 11) is -4.20. The lowest BCUT2D eigenvalue weighted by atomic mass is 10.0. The van der Waals surface area contributed by atoms with E-state index in [9.17, 15) is 31.2 Å². The van der Waals surface area contributed by atoms with Crippen LogP contribution in [0.3, 0.4) is 0 Å². The number of sulfonamides is 1. The predicted molar refractivity (Wildman–Crippen MR) is 163 cm³/mol. The average Bonchev–Trinajstić information content (AvgIpc) is 3.46. The van der Waals surface area contributed by atoms with Crippen LogP contribution in [0.2, 0.25) is 0 Å². The fourth-order valence-corrected chi connectivity index (χ4v) is 6.49. The van der Waals surface area contributed by atoms with E-state index in [4.69, 9.17) is 0 Å². The number of amides is 2. The Bertz CT molecular complexity index is 1530. The minimum absolute atomic E-state index is 0.0337. The molecule has 0 heterocycles. The topological polar surface area (TPSA) is 86.8 Å². The minimum atomic E-state index is -4.71. The van der Waals surface area contributed by atoms with Gasteiger partial charge in [-0.3, -0.25) is 13.9 Å². The molecule has 0 unspecified atom stereocenters. The van der Waals surface area contributed by atoms with Gasteiger partial charge in [0.15, 0.2) is 0 Å². The van der Waals surface area contributed by atoms with Crippen molar-refractivity contribution >= 4 is 43.5 Å². The van der Waals surface area contributed by atoms with Crippen molar-refractivity contribution in [2.24, 2.45) is 0 Å². The van der Waals surface area contributed by atoms with Crippen LogP contribution in [0.4, 0.5) is 18.9 Å². The van der Waals surface area contributed by atoms with Crippen LogP contribution in [0.25, 0.3) is 0 Å². The first-order valence-corrected chi connectivity index (χ1v) is 16.5.